The maximum absolute atomic E-state index is 15.2. The standard InChI is InChI=1S/C37H41F3/c1-3-5-6-7-8-9-10-11-13-28-14-18-29(19-15-28)31-22-23-33(35(38)26-31)34-25-24-32(36(39)37(34)40)30-20-16-27(12-4-2)17-21-30/h14-26H,3-13H2,1-2H3. The minimum absolute atomic E-state index is 0.0521. The molecule has 40 heavy (non-hydrogen) atoms. The first-order valence-electron chi connectivity index (χ1n) is 15.0. The third-order valence-electron chi connectivity index (χ3n) is 7.75. The predicted octanol–water partition coefficient (Wildman–Crippen LogP) is 11.7. The maximum Gasteiger partial charge on any atom is 0.167 e. The van der Waals surface area contributed by atoms with Gasteiger partial charge in [0.15, 0.2) is 11.6 Å². The van der Waals surface area contributed by atoms with Gasteiger partial charge in [-0.15, -0.1) is 0 Å². The number of unbranched alkanes of at least 4 members (excludes halogenated alkanes) is 7. The Kier molecular flexibility index (Phi) is 11.0. The first-order valence-corrected chi connectivity index (χ1v) is 15.0. The zero-order chi connectivity index (χ0) is 28.3. The molecule has 0 atom stereocenters. The Labute approximate surface area is 238 Å². The summed E-state index contributed by atoms with van der Waals surface area (Å²) >= 11 is 0. The fraction of sp³-hybridized carbons (Fsp3) is 0.351. The molecule has 4 aromatic rings. The molecular weight excluding hydrogens is 501 g/mol. The summed E-state index contributed by atoms with van der Waals surface area (Å²) in [5, 5.41) is 0. The van der Waals surface area contributed by atoms with Gasteiger partial charge in [-0.05, 0) is 53.1 Å². The largest absolute Gasteiger partial charge is 0.206 e. The fourth-order valence-corrected chi connectivity index (χ4v) is 5.36. The lowest BCUT2D eigenvalue weighted by molar-refractivity contribution is 0.513. The summed E-state index contributed by atoms with van der Waals surface area (Å²) in [5.74, 6) is -2.57. The van der Waals surface area contributed by atoms with Crippen molar-refractivity contribution in [3.05, 3.63) is 107 Å². The number of benzene rings is 4. The van der Waals surface area contributed by atoms with Gasteiger partial charge in [-0.25, -0.2) is 13.2 Å². The number of halogens is 3. The first-order chi connectivity index (χ1) is 19.5. The van der Waals surface area contributed by atoms with Crippen LogP contribution in [0, 0.1) is 17.5 Å². The molecular formula is C37H41F3. The minimum Gasteiger partial charge on any atom is -0.206 e. The number of hydrogen-bond donors (Lipinski definition) is 0. The molecule has 0 aliphatic heterocycles. The van der Waals surface area contributed by atoms with Crippen LogP contribution in [0.2, 0.25) is 0 Å². The molecule has 0 saturated heterocycles. The highest BCUT2D eigenvalue weighted by atomic mass is 19.2. The molecule has 0 heterocycles. The van der Waals surface area contributed by atoms with Crippen molar-refractivity contribution in [3.63, 3.8) is 0 Å². The van der Waals surface area contributed by atoms with Gasteiger partial charge in [-0.3, -0.25) is 0 Å². The molecule has 4 rings (SSSR count). The van der Waals surface area contributed by atoms with Gasteiger partial charge in [0.05, 0.1) is 0 Å². The zero-order valence-corrected chi connectivity index (χ0v) is 23.9. The molecule has 0 fully saturated rings. The molecule has 0 unspecified atom stereocenters. The Morgan fingerprint density at radius 3 is 1.55 bits per heavy atom. The molecule has 0 N–H and O–H groups in total. The molecule has 0 nitrogen and oxygen atoms in total. The van der Waals surface area contributed by atoms with E-state index < -0.39 is 17.5 Å². The van der Waals surface area contributed by atoms with E-state index in [9.17, 15) is 0 Å². The van der Waals surface area contributed by atoms with Crippen molar-refractivity contribution >= 4 is 0 Å². The van der Waals surface area contributed by atoms with E-state index in [1.807, 2.05) is 24.3 Å². The minimum atomic E-state index is -1.04. The summed E-state index contributed by atoms with van der Waals surface area (Å²) < 4.78 is 45.5. The van der Waals surface area contributed by atoms with E-state index in [1.54, 1.807) is 18.2 Å². The van der Waals surface area contributed by atoms with Crippen LogP contribution in [0.15, 0.2) is 78.9 Å². The second-order valence-corrected chi connectivity index (χ2v) is 10.9. The summed E-state index contributed by atoms with van der Waals surface area (Å²) in [6.45, 7) is 4.34. The Morgan fingerprint density at radius 2 is 0.925 bits per heavy atom. The molecule has 0 radical (unpaired) electrons. The topological polar surface area (TPSA) is 0 Å². The Hall–Kier alpha value is -3.33. The first kappa shape index (κ1) is 29.6. The number of aryl methyl sites for hydroxylation is 2. The maximum atomic E-state index is 15.2. The third kappa shape index (κ3) is 7.65. The van der Waals surface area contributed by atoms with Crippen LogP contribution < -0.4 is 0 Å². The summed E-state index contributed by atoms with van der Waals surface area (Å²) in [6, 6.07) is 23.4. The van der Waals surface area contributed by atoms with Crippen molar-refractivity contribution in [3.8, 4) is 33.4 Å². The zero-order valence-electron chi connectivity index (χ0n) is 23.9. The SMILES string of the molecule is CCCCCCCCCCc1ccc(-c2ccc(-c3ccc(-c4ccc(CCC)cc4)c(F)c3F)c(F)c2)cc1. The van der Waals surface area contributed by atoms with Crippen LogP contribution in [0.25, 0.3) is 33.4 Å². The van der Waals surface area contributed by atoms with Crippen molar-refractivity contribution in [1.82, 2.24) is 0 Å². The average Bonchev–Trinajstić information content (AvgIpc) is 2.97. The highest BCUT2D eigenvalue weighted by Gasteiger charge is 2.18. The van der Waals surface area contributed by atoms with Crippen LogP contribution in [-0.4, -0.2) is 0 Å². The third-order valence-corrected chi connectivity index (χ3v) is 7.75. The monoisotopic (exact) mass is 542 g/mol. The van der Waals surface area contributed by atoms with Gasteiger partial charge < -0.3 is 0 Å². The molecule has 3 heteroatoms. The van der Waals surface area contributed by atoms with E-state index in [-0.39, 0.29) is 16.7 Å². The van der Waals surface area contributed by atoms with Crippen molar-refractivity contribution in [2.75, 3.05) is 0 Å². The Bertz CT molecular complexity index is 1350. The van der Waals surface area contributed by atoms with Crippen molar-refractivity contribution in [2.45, 2.75) is 84.5 Å². The predicted molar refractivity (Wildman–Crippen MR) is 163 cm³/mol. The average molecular weight is 543 g/mol. The molecule has 0 amide bonds. The van der Waals surface area contributed by atoms with Crippen molar-refractivity contribution in [1.29, 1.82) is 0 Å². The van der Waals surface area contributed by atoms with Gasteiger partial charge in [-0.2, -0.15) is 0 Å². The highest BCUT2D eigenvalue weighted by Crippen LogP contribution is 2.34. The Morgan fingerprint density at radius 1 is 0.425 bits per heavy atom. The Balaban J connectivity index is 1.40. The van der Waals surface area contributed by atoms with Gasteiger partial charge in [0.1, 0.15) is 5.82 Å². The molecule has 4 aromatic carbocycles. The molecule has 0 aliphatic rings. The van der Waals surface area contributed by atoms with Gasteiger partial charge >= 0.3 is 0 Å². The van der Waals surface area contributed by atoms with Crippen LogP contribution >= 0.6 is 0 Å². The van der Waals surface area contributed by atoms with Crippen LogP contribution in [0.3, 0.4) is 0 Å². The number of rotatable bonds is 14. The van der Waals surface area contributed by atoms with Crippen LogP contribution in [0.4, 0.5) is 13.2 Å². The van der Waals surface area contributed by atoms with Gasteiger partial charge in [0, 0.05) is 16.7 Å². The molecule has 0 bridgehead atoms. The van der Waals surface area contributed by atoms with Crippen LogP contribution in [0.5, 0.6) is 0 Å². The lowest BCUT2D eigenvalue weighted by Crippen LogP contribution is -1.96. The van der Waals surface area contributed by atoms with Gasteiger partial charge in [0.25, 0.3) is 0 Å². The molecule has 0 aliphatic carbocycles. The number of hydrogen-bond acceptors (Lipinski definition) is 0. The normalized spacial score (nSPS) is 11.2. The quantitative estimate of drug-likeness (QED) is 0.139. The summed E-state index contributed by atoms with van der Waals surface area (Å²) in [4.78, 5) is 0. The summed E-state index contributed by atoms with van der Waals surface area (Å²) in [6.07, 6.45) is 13.4. The molecule has 210 valence electrons. The summed E-state index contributed by atoms with van der Waals surface area (Å²) in [7, 11) is 0. The summed E-state index contributed by atoms with van der Waals surface area (Å²) in [5.41, 5.74) is 4.81. The second kappa shape index (κ2) is 14.9. The van der Waals surface area contributed by atoms with Crippen LogP contribution in [0.1, 0.15) is 82.8 Å². The van der Waals surface area contributed by atoms with E-state index in [4.69, 9.17) is 0 Å². The lowest BCUT2D eigenvalue weighted by Gasteiger charge is -2.12. The van der Waals surface area contributed by atoms with E-state index in [0.29, 0.717) is 11.1 Å². The molecule has 0 saturated carbocycles. The van der Waals surface area contributed by atoms with E-state index >= 15 is 13.2 Å². The smallest absolute Gasteiger partial charge is 0.167 e. The van der Waals surface area contributed by atoms with Crippen molar-refractivity contribution in [2.24, 2.45) is 0 Å². The lowest BCUT2D eigenvalue weighted by atomic mass is 9.95. The molecule has 0 spiro atoms. The van der Waals surface area contributed by atoms with Gasteiger partial charge in [-0.1, -0.05) is 138 Å². The fourth-order valence-electron chi connectivity index (χ4n) is 5.36. The second-order valence-electron chi connectivity index (χ2n) is 10.9. The van der Waals surface area contributed by atoms with E-state index in [0.717, 1.165) is 30.4 Å². The van der Waals surface area contributed by atoms with Crippen molar-refractivity contribution < 1.29 is 13.2 Å². The van der Waals surface area contributed by atoms with Crippen LogP contribution in [-0.2, 0) is 12.8 Å². The van der Waals surface area contributed by atoms with E-state index in [1.165, 1.54) is 81.2 Å². The highest BCUT2D eigenvalue weighted by molar-refractivity contribution is 5.75. The van der Waals surface area contributed by atoms with Gasteiger partial charge in [0.2, 0.25) is 0 Å². The molecule has 0 aromatic heterocycles. The van der Waals surface area contributed by atoms with E-state index in [2.05, 4.69) is 26.0 Å².